The average Bonchev–Trinajstić information content (AvgIpc) is 2.86. The zero-order valence-corrected chi connectivity index (χ0v) is 23.3. The second kappa shape index (κ2) is 10.3. The first-order chi connectivity index (χ1) is 17.9. The van der Waals surface area contributed by atoms with Crippen molar-refractivity contribution in [1.82, 2.24) is 14.9 Å². The van der Waals surface area contributed by atoms with Crippen LogP contribution in [0.15, 0.2) is 47.5 Å². The Balaban J connectivity index is 1.64. The maximum atomic E-state index is 12.8. The smallest absolute Gasteiger partial charge is 0.410 e. The average molecular weight is 560 g/mol. The number of aromatic nitrogens is 2. The van der Waals surface area contributed by atoms with Crippen molar-refractivity contribution in [2.75, 3.05) is 24.3 Å². The van der Waals surface area contributed by atoms with E-state index in [0.29, 0.717) is 24.3 Å². The molecular weight excluding hydrogens is 530 g/mol. The number of amides is 1. The van der Waals surface area contributed by atoms with Gasteiger partial charge in [-0.15, -0.1) is 0 Å². The third-order valence-corrected chi connectivity index (χ3v) is 9.10. The van der Waals surface area contributed by atoms with Gasteiger partial charge in [0, 0.05) is 6.54 Å². The van der Waals surface area contributed by atoms with Crippen molar-refractivity contribution in [2.45, 2.75) is 49.8 Å². The molecule has 1 aromatic heterocycles. The number of hydrogen-bond acceptors (Lipinski definition) is 9. The fourth-order valence-electron chi connectivity index (χ4n) is 4.43. The van der Waals surface area contributed by atoms with Crippen molar-refractivity contribution >= 4 is 50.7 Å². The molecule has 0 bridgehead atoms. The number of rotatable bonds is 6. The van der Waals surface area contributed by atoms with Gasteiger partial charge in [-0.1, -0.05) is 23.7 Å². The lowest BCUT2D eigenvalue weighted by Gasteiger charge is -2.43. The second-order valence-electron chi connectivity index (χ2n) is 9.69. The Kier molecular flexibility index (Phi) is 7.44. The topological polar surface area (TPSA) is 134 Å². The van der Waals surface area contributed by atoms with E-state index in [-0.39, 0.29) is 27.4 Å². The summed E-state index contributed by atoms with van der Waals surface area (Å²) in [5.74, 6) is 0.287. The molecule has 0 fully saturated rings. The van der Waals surface area contributed by atoms with Crippen LogP contribution in [0.3, 0.4) is 0 Å². The van der Waals surface area contributed by atoms with Crippen molar-refractivity contribution in [2.24, 2.45) is 0 Å². The lowest BCUT2D eigenvalue weighted by atomic mass is 9.83. The molecule has 0 saturated carbocycles. The molecule has 12 heteroatoms. The summed E-state index contributed by atoms with van der Waals surface area (Å²) >= 11 is 6.33. The highest BCUT2D eigenvalue weighted by molar-refractivity contribution is 7.92. The van der Waals surface area contributed by atoms with Gasteiger partial charge in [0.1, 0.15) is 10.8 Å². The summed E-state index contributed by atoms with van der Waals surface area (Å²) in [6, 6.07) is 9.95. The zero-order valence-electron chi connectivity index (χ0n) is 21.7. The number of benzene rings is 2. The number of hydrogen-bond donors (Lipinski definition) is 3. The van der Waals surface area contributed by atoms with Crippen LogP contribution in [0.25, 0.3) is 0 Å². The Labute approximate surface area is 226 Å². The van der Waals surface area contributed by atoms with Gasteiger partial charge in [0.25, 0.3) is 0 Å². The van der Waals surface area contributed by atoms with Gasteiger partial charge in [0.15, 0.2) is 15.7 Å². The Morgan fingerprint density at radius 2 is 1.89 bits per heavy atom. The normalized spacial score (nSPS) is 14.7. The molecule has 1 aliphatic heterocycles. The van der Waals surface area contributed by atoms with Crippen LogP contribution < -0.4 is 10.6 Å². The molecule has 10 nitrogen and oxygen atoms in total. The number of phenols is 1. The van der Waals surface area contributed by atoms with Gasteiger partial charge in [-0.2, -0.15) is 4.98 Å². The fourth-order valence-corrected chi connectivity index (χ4v) is 5.77. The zero-order chi connectivity index (χ0) is 27.8. The predicted molar refractivity (Wildman–Crippen MR) is 146 cm³/mol. The second-order valence-corrected chi connectivity index (χ2v) is 12.6. The molecule has 38 heavy (non-hydrogen) atoms. The number of methoxy groups -OCH3 is 1. The molecule has 4 rings (SSSR count). The van der Waals surface area contributed by atoms with Crippen LogP contribution in [0.5, 0.6) is 5.75 Å². The number of halogens is 1. The first-order valence-corrected chi connectivity index (χ1v) is 13.9. The van der Waals surface area contributed by atoms with E-state index in [9.17, 15) is 18.3 Å². The number of phenolic OH excluding ortho intramolecular Hbond substituents is 1. The molecule has 1 amide bonds. The maximum absolute atomic E-state index is 12.8. The molecule has 1 aliphatic rings. The van der Waals surface area contributed by atoms with Crippen LogP contribution in [0, 0.1) is 0 Å². The molecule has 0 aliphatic carbocycles. The molecule has 2 heterocycles. The van der Waals surface area contributed by atoms with Crippen LogP contribution in [0.2, 0.25) is 5.02 Å². The molecular formula is C26H30ClN5O5S. The third-order valence-electron chi connectivity index (χ3n) is 6.61. The van der Waals surface area contributed by atoms with Crippen molar-refractivity contribution in [3.05, 3.63) is 58.7 Å². The number of sulfone groups is 1. The number of aromatic hydroxyl groups is 1. The number of carbonyl (C=O) groups is 1. The number of nitrogens with one attached hydrogen (secondary N) is 2. The van der Waals surface area contributed by atoms with Gasteiger partial charge >= 0.3 is 6.09 Å². The number of ether oxygens (including phenoxy) is 1. The largest absolute Gasteiger partial charge is 0.506 e. The minimum atomic E-state index is -3.56. The molecule has 3 aromatic rings. The summed E-state index contributed by atoms with van der Waals surface area (Å²) in [6.07, 6.45) is 1.52. The Morgan fingerprint density at radius 3 is 2.58 bits per heavy atom. The van der Waals surface area contributed by atoms with E-state index >= 15 is 0 Å². The van der Waals surface area contributed by atoms with E-state index in [1.807, 2.05) is 13.8 Å². The standard InChI is InChI=1S/C26H30ClN5O5S/c1-15(2)38(35,36)22-9-7-6-8-19(22)29-23-18(27)14-28-24(31-23)30-20-12-16-10-11-32(25(34)37-5)26(3,4)17(16)13-21(20)33/h6-9,12-15,33H,10-11H2,1-5H3,(H2,28,29,30,31). The molecule has 202 valence electrons. The van der Waals surface area contributed by atoms with E-state index in [0.717, 1.165) is 11.1 Å². The number of carbonyl (C=O) groups excluding carboxylic acids is 1. The highest BCUT2D eigenvalue weighted by Gasteiger charge is 2.38. The maximum Gasteiger partial charge on any atom is 0.410 e. The monoisotopic (exact) mass is 559 g/mol. The summed E-state index contributed by atoms with van der Waals surface area (Å²) < 4.78 is 30.6. The Hall–Kier alpha value is -3.57. The van der Waals surface area contributed by atoms with Crippen LogP contribution in [0.1, 0.15) is 38.8 Å². The summed E-state index contributed by atoms with van der Waals surface area (Å²) in [5, 5.41) is 16.4. The van der Waals surface area contributed by atoms with E-state index in [1.165, 1.54) is 19.4 Å². The summed E-state index contributed by atoms with van der Waals surface area (Å²) in [5.41, 5.74) is 1.79. The molecule has 2 aromatic carbocycles. The summed E-state index contributed by atoms with van der Waals surface area (Å²) in [4.78, 5) is 22.6. The minimum absolute atomic E-state index is 0.0510. The summed E-state index contributed by atoms with van der Waals surface area (Å²) in [6.45, 7) is 7.48. The van der Waals surface area contributed by atoms with Crippen molar-refractivity contribution in [1.29, 1.82) is 0 Å². The van der Waals surface area contributed by atoms with Gasteiger partial charge in [-0.05, 0) is 69.5 Å². The predicted octanol–water partition coefficient (Wildman–Crippen LogP) is 5.36. The first kappa shape index (κ1) is 27.5. The lowest BCUT2D eigenvalue weighted by Crippen LogP contribution is -2.49. The minimum Gasteiger partial charge on any atom is -0.506 e. The van der Waals surface area contributed by atoms with E-state index in [2.05, 4.69) is 20.6 Å². The van der Waals surface area contributed by atoms with Gasteiger partial charge in [-0.25, -0.2) is 18.2 Å². The Bertz CT molecular complexity index is 1490. The van der Waals surface area contributed by atoms with Crippen LogP contribution >= 0.6 is 11.6 Å². The molecule has 0 spiro atoms. The molecule has 0 unspecified atom stereocenters. The number of anilines is 4. The molecule has 3 N–H and O–H groups in total. The van der Waals surface area contributed by atoms with Crippen molar-refractivity contribution in [3.8, 4) is 5.75 Å². The van der Waals surface area contributed by atoms with E-state index < -0.39 is 26.7 Å². The third kappa shape index (κ3) is 5.08. The van der Waals surface area contributed by atoms with E-state index in [1.54, 1.807) is 49.1 Å². The highest BCUT2D eigenvalue weighted by Crippen LogP contribution is 2.41. The number of nitrogens with zero attached hydrogens (tertiary/aromatic N) is 3. The van der Waals surface area contributed by atoms with Gasteiger partial charge in [0.05, 0.1) is 40.4 Å². The fraction of sp³-hybridized carbons (Fsp3) is 0.346. The van der Waals surface area contributed by atoms with Crippen molar-refractivity contribution in [3.63, 3.8) is 0 Å². The van der Waals surface area contributed by atoms with Gasteiger partial charge in [-0.3, -0.25) is 4.90 Å². The summed E-state index contributed by atoms with van der Waals surface area (Å²) in [7, 11) is -2.22. The van der Waals surface area contributed by atoms with Crippen molar-refractivity contribution < 1.29 is 23.1 Å². The Morgan fingerprint density at radius 1 is 1.18 bits per heavy atom. The molecule has 0 atom stereocenters. The van der Waals surface area contributed by atoms with E-state index in [4.69, 9.17) is 16.3 Å². The lowest BCUT2D eigenvalue weighted by molar-refractivity contribution is 0.0701. The van der Waals surface area contributed by atoms with Crippen LogP contribution in [-0.4, -0.2) is 53.4 Å². The van der Waals surface area contributed by atoms with Gasteiger partial charge in [0.2, 0.25) is 5.95 Å². The SMILES string of the molecule is COC(=O)N1CCc2cc(Nc3ncc(Cl)c(Nc4ccccc4S(=O)(=O)C(C)C)n3)c(O)cc2C1(C)C. The number of para-hydroxylation sites is 1. The number of fused-ring (bicyclic) bond motifs is 1. The quantitative estimate of drug-likeness (QED) is 0.341. The van der Waals surface area contributed by atoms with Crippen LogP contribution in [-0.2, 0) is 26.5 Å². The molecule has 0 saturated heterocycles. The first-order valence-electron chi connectivity index (χ1n) is 12.0. The van der Waals surface area contributed by atoms with Gasteiger partial charge < -0.3 is 20.5 Å². The molecule has 0 radical (unpaired) electrons. The van der Waals surface area contributed by atoms with Crippen LogP contribution in [0.4, 0.5) is 27.9 Å². The highest BCUT2D eigenvalue weighted by atomic mass is 35.5.